The summed E-state index contributed by atoms with van der Waals surface area (Å²) >= 11 is 0. The minimum absolute atomic E-state index is 0.0552. The molecule has 10 heteroatoms. The van der Waals surface area contributed by atoms with Gasteiger partial charge in [-0.25, -0.2) is 13.4 Å². The Balaban J connectivity index is 1.39. The number of carbonyl (C=O) groups is 2. The number of imidazole rings is 1. The highest BCUT2D eigenvalue weighted by atomic mass is 32.2. The maximum Gasteiger partial charge on any atom is 0.251 e. The zero-order valence-corrected chi connectivity index (χ0v) is 24.6. The number of sulfonamides is 1. The molecule has 1 aliphatic rings. The first kappa shape index (κ1) is 29.5. The number of nitrogens with one attached hydrogen (secondary N) is 2. The first-order chi connectivity index (χ1) is 20.4. The lowest BCUT2D eigenvalue weighted by Crippen LogP contribution is -2.32. The minimum Gasteiger partial charge on any atom is -0.342 e. The highest BCUT2D eigenvalue weighted by molar-refractivity contribution is 7.89. The lowest BCUT2D eigenvalue weighted by Gasteiger charge is -2.21. The van der Waals surface area contributed by atoms with Crippen LogP contribution in [0.1, 0.15) is 67.7 Å². The van der Waals surface area contributed by atoms with Gasteiger partial charge >= 0.3 is 0 Å². The van der Waals surface area contributed by atoms with Gasteiger partial charge in [0.2, 0.25) is 15.9 Å². The fraction of sp³-hybridized carbons (Fsp3) is 0.344. The van der Waals surface area contributed by atoms with E-state index in [-0.39, 0.29) is 23.3 Å². The van der Waals surface area contributed by atoms with Crippen molar-refractivity contribution in [3.63, 3.8) is 0 Å². The standard InChI is InChI=1S/C32H37N5O4S/c1-2-13-28(35-32(39)24-14-6-5-7-15-24)31-34-27-18-8-9-19-29(27)37(31)23-30(38)33-25-16-12-17-26(22-25)42(40,41)36-20-10-3-4-11-21-36/h5-9,12,14-19,22,28H,2-4,10-11,13,20-21,23H2,1H3,(H,33,38)(H,35,39). The van der Waals surface area contributed by atoms with Gasteiger partial charge in [0.15, 0.2) is 0 Å². The molecule has 1 aliphatic heterocycles. The maximum atomic E-state index is 13.4. The minimum atomic E-state index is -3.65. The Kier molecular flexibility index (Phi) is 9.34. The predicted octanol–water partition coefficient (Wildman–Crippen LogP) is 5.51. The van der Waals surface area contributed by atoms with Crippen LogP contribution in [0.3, 0.4) is 0 Å². The third-order valence-electron chi connectivity index (χ3n) is 7.54. The fourth-order valence-corrected chi connectivity index (χ4v) is 6.98. The van der Waals surface area contributed by atoms with Crippen molar-refractivity contribution in [3.05, 3.63) is 90.3 Å². The van der Waals surface area contributed by atoms with Gasteiger partial charge in [0, 0.05) is 24.3 Å². The summed E-state index contributed by atoms with van der Waals surface area (Å²) in [5.41, 5.74) is 2.45. The number of rotatable bonds is 10. The number of aromatic nitrogens is 2. The molecule has 2 amide bonds. The topological polar surface area (TPSA) is 113 Å². The molecule has 2 heterocycles. The Bertz CT molecular complexity index is 1640. The van der Waals surface area contributed by atoms with E-state index in [1.165, 1.54) is 6.07 Å². The number of benzene rings is 3. The molecule has 5 rings (SSSR count). The van der Waals surface area contributed by atoms with E-state index in [9.17, 15) is 18.0 Å². The van der Waals surface area contributed by atoms with Gasteiger partial charge in [0.25, 0.3) is 5.91 Å². The number of fused-ring (bicyclic) bond motifs is 1. The highest BCUT2D eigenvalue weighted by Gasteiger charge is 2.26. The van der Waals surface area contributed by atoms with Crippen LogP contribution in [0.25, 0.3) is 11.0 Å². The third kappa shape index (κ3) is 6.71. The van der Waals surface area contributed by atoms with Crippen LogP contribution in [0, 0.1) is 0 Å². The number of amides is 2. The highest BCUT2D eigenvalue weighted by Crippen LogP contribution is 2.26. The lowest BCUT2D eigenvalue weighted by molar-refractivity contribution is -0.116. The summed E-state index contributed by atoms with van der Waals surface area (Å²) in [6, 6.07) is 22.6. The van der Waals surface area contributed by atoms with Gasteiger partial charge in [-0.3, -0.25) is 9.59 Å². The van der Waals surface area contributed by atoms with Gasteiger partial charge in [-0.1, -0.05) is 62.6 Å². The molecule has 0 radical (unpaired) electrons. The summed E-state index contributed by atoms with van der Waals surface area (Å²) in [6.07, 6.45) is 5.20. The van der Waals surface area contributed by atoms with Crippen LogP contribution in [0.2, 0.25) is 0 Å². The Morgan fingerprint density at radius 1 is 0.905 bits per heavy atom. The van der Waals surface area contributed by atoms with E-state index in [2.05, 4.69) is 10.6 Å². The van der Waals surface area contributed by atoms with Crippen molar-refractivity contribution in [2.75, 3.05) is 18.4 Å². The number of hydrogen-bond donors (Lipinski definition) is 2. The predicted molar refractivity (Wildman–Crippen MR) is 164 cm³/mol. The van der Waals surface area contributed by atoms with E-state index in [0.717, 1.165) is 43.1 Å². The molecule has 9 nitrogen and oxygen atoms in total. The molecule has 42 heavy (non-hydrogen) atoms. The number of para-hydroxylation sites is 2. The second kappa shape index (κ2) is 13.3. The van der Waals surface area contributed by atoms with Crippen LogP contribution in [0.5, 0.6) is 0 Å². The van der Waals surface area contributed by atoms with Crippen LogP contribution in [-0.2, 0) is 21.4 Å². The van der Waals surface area contributed by atoms with Gasteiger partial charge in [-0.2, -0.15) is 4.31 Å². The summed E-state index contributed by atoms with van der Waals surface area (Å²) in [5, 5.41) is 5.99. The van der Waals surface area contributed by atoms with Gasteiger partial charge in [0.05, 0.1) is 22.0 Å². The summed E-state index contributed by atoms with van der Waals surface area (Å²) < 4.78 is 30.0. The summed E-state index contributed by atoms with van der Waals surface area (Å²) in [7, 11) is -3.65. The van der Waals surface area contributed by atoms with E-state index in [0.29, 0.717) is 36.6 Å². The van der Waals surface area contributed by atoms with Crippen LogP contribution in [0.15, 0.2) is 83.8 Å². The zero-order chi connectivity index (χ0) is 29.5. The van der Waals surface area contributed by atoms with Gasteiger partial charge < -0.3 is 15.2 Å². The third-order valence-corrected chi connectivity index (χ3v) is 9.43. The molecule has 0 saturated carbocycles. The van der Waals surface area contributed by atoms with Gasteiger partial charge in [-0.05, 0) is 61.7 Å². The summed E-state index contributed by atoms with van der Waals surface area (Å²) in [4.78, 5) is 31.5. The number of anilines is 1. The molecular formula is C32H37N5O4S. The van der Waals surface area contributed by atoms with Crippen LogP contribution < -0.4 is 10.6 Å². The van der Waals surface area contributed by atoms with Gasteiger partial charge in [0.1, 0.15) is 12.4 Å². The average molecular weight is 588 g/mol. The zero-order valence-electron chi connectivity index (χ0n) is 23.8. The summed E-state index contributed by atoms with van der Waals surface area (Å²) in [6.45, 7) is 3.00. The Morgan fingerprint density at radius 3 is 2.36 bits per heavy atom. The quantitative estimate of drug-likeness (QED) is 0.254. The van der Waals surface area contributed by atoms with E-state index in [4.69, 9.17) is 4.98 Å². The number of hydrogen-bond acceptors (Lipinski definition) is 5. The van der Waals surface area contributed by atoms with E-state index in [1.807, 2.05) is 54.0 Å². The van der Waals surface area contributed by atoms with Crippen molar-refractivity contribution in [3.8, 4) is 0 Å². The number of carbonyl (C=O) groups excluding carboxylic acids is 2. The van der Waals surface area contributed by atoms with Crippen LogP contribution in [0.4, 0.5) is 5.69 Å². The molecule has 2 N–H and O–H groups in total. The molecule has 0 aliphatic carbocycles. The molecule has 0 spiro atoms. The van der Waals surface area contributed by atoms with Crippen molar-refractivity contribution < 1.29 is 18.0 Å². The molecule has 1 aromatic heterocycles. The van der Waals surface area contributed by atoms with Gasteiger partial charge in [-0.15, -0.1) is 0 Å². The van der Waals surface area contributed by atoms with Crippen LogP contribution in [-0.4, -0.2) is 47.2 Å². The van der Waals surface area contributed by atoms with Crippen molar-refractivity contribution in [1.29, 1.82) is 0 Å². The molecule has 1 saturated heterocycles. The Labute approximate surface area is 247 Å². The molecule has 0 bridgehead atoms. The Morgan fingerprint density at radius 2 is 1.62 bits per heavy atom. The SMILES string of the molecule is CCCC(NC(=O)c1ccccc1)c1nc2ccccc2n1CC(=O)Nc1cccc(S(=O)(=O)N2CCCCCC2)c1. The first-order valence-electron chi connectivity index (χ1n) is 14.6. The number of nitrogens with zero attached hydrogens (tertiary/aromatic N) is 3. The molecule has 220 valence electrons. The molecule has 4 aromatic rings. The molecular weight excluding hydrogens is 550 g/mol. The van der Waals surface area contributed by atoms with Crippen molar-refractivity contribution >= 4 is 38.6 Å². The smallest absolute Gasteiger partial charge is 0.251 e. The molecule has 3 aromatic carbocycles. The van der Waals surface area contributed by atoms with E-state index >= 15 is 0 Å². The van der Waals surface area contributed by atoms with Crippen molar-refractivity contribution in [1.82, 2.24) is 19.2 Å². The van der Waals surface area contributed by atoms with E-state index in [1.54, 1.807) is 34.6 Å². The normalized spacial score (nSPS) is 15.2. The molecule has 1 fully saturated rings. The summed E-state index contributed by atoms with van der Waals surface area (Å²) in [5.74, 6) is 0.0582. The largest absolute Gasteiger partial charge is 0.342 e. The van der Waals surface area contributed by atoms with E-state index < -0.39 is 16.1 Å². The lowest BCUT2D eigenvalue weighted by atomic mass is 10.1. The van der Waals surface area contributed by atoms with Crippen molar-refractivity contribution in [2.45, 2.75) is 62.9 Å². The average Bonchev–Trinajstić information content (AvgIpc) is 3.15. The first-order valence-corrected chi connectivity index (χ1v) is 16.0. The monoisotopic (exact) mass is 587 g/mol. The fourth-order valence-electron chi connectivity index (χ4n) is 5.42. The Hall–Kier alpha value is -4.02. The van der Waals surface area contributed by atoms with Crippen LogP contribution >= 0.6 is 0 Å². The van der Waals surface area contributed by atoms with Crippen molar-refractivity contribution in [2.24, 2.45) is 0 Å². The molecule has 1 atom stereocenters. The molecule has 1 unspecified atom stereocenters. The maximum absolute atomic E-state index is 13.4. The second-order valence-corrected chi connectivity index (χ2v) is 12.6. The second-order valence-electron chi connectivity index (χ2n) is 10.6.